The number of ether oxygens (including phenoxy) is 1. The number of esters is 1. The Morgan fingerprint density at radius 3 is 2.85 bits per heavy atom. The van der Waals surface area contributed by atoms with Gasteiger partial charge in [0.25, 0.3) is 5.91 Å². The first-order valence-corrected chi connectivity index (χ1v) is 7.00. The van der Waals surface area contributed by atoms with Crippen LogP contribution in [0.2, 0.25) is 0 Å². The smallest absolute Gasteiger partial charge is 0.325 e. The van der Waals surface area contributed by atoms with Gasteiger partial charge < -0.3 is 14.7 Å². The monoisotopic (exact) mass is 295 g/mol. The van der Waals surface area contributed by atoms with E-state index in [0.717, 1.165) is 4.88 Å². The maximum Gasteiger partial charge on any atom is 0.325 e. The van der Waals surface area contributed by atoms with E-state index in [0.29, 0.717) is 17.9 Å². The molecule has 0 saturated carbocycles. The largest absolute Gasteiger partial charge is 0.465 e. The second kappa shape index (κ2) is 8.35. The molecule has 1 aromatic heterocycles. The van der Waals surface area contributed by atoms with Gasteiger partial charge in [0.2, 0.25) is 0 Å². The number of amides is 1. The van der Waals surface area contributed by atoms with Gasteiger partial charge in [-0.2, -0.15) is 0 Å². The fourth-order valence-corrected chi connectivity index (χ4v) is 2.26. The van der Waals surface area contributed by atoms with Crippen molar-refractivity contribution in [2.45, 2.75) is 13.3 Å². The third-order valence-corrected chi connectivity index (χ3v) is 3.27. The number of aliphatic hydroxyl groups is 1. The molecule has 1 N–H and O–H groups in total. The van der Waals surface area contributed by atoms with Crippen LogP contribution in [0.4, 0.5) is 0 Å². The van der Waals surface area contributed by atoms with Crippen molar-refractivity contribution in [3.63, 3.8) is 0 Å². The average molecular weight is 295 g/mol. The number of thiophene rings is 1. The second-order valence-corrected chi connectivity index (χ2v) is 4.99. The molecule has 1 rings (SSSR count). The highest BCUT2D eigenvalue weighted by Gasteiger charge is 2.17. The summed E-state index contributed by atoms with van der Waals surface area (Å²) in [5, 5.41) is 8.63. The zero-order chi connectivity index (χ0) is 15.0. The van der Waals surface area contributed by atoms with Crippen molar-refractivity contribution < 1.29 is 19.4 Å². The lowest BCUT2D eigenvalue weighted by Gasteiger charge is -2.14. The second-order valence-electron chi connectivity index (χ2n) is 3.91. The van der Waals surface area contributed by atoms with Crippen LogP contribution in [0.3, 0.4) is 0 Å². The summed E-state index contributed by atoms with van der Waals surface area (Å²) >= 11 is 1.26. The quantitative estimate of drug-likeness (QED) is 0.653. The van der Waals surface area contributed by atoms with E-state index in [-0.39, 0.29) is 19.1 Å². The summed E-state index contributed by atoms with van der Waals surface area (Å²) in [4.78, 5) is 26.0. The molecular formula is C14H17NO4S. The summed E-state index contributed by atoms with van der Waals surface area (Å²) in [6, 6.07) is 3.43. The maximum absolute atomic E-state index is 12.1. The van der Waals surface area contributed by atoms with Crippen molar-refractivity contribution in [3.05, 3.63) is 21.9 Å². The first kappa shape index (κ1) is 16.2. The van der Waals surface area contributed by atoms with E-state index in [1.165, 1.54) is 16.2 Å². The van der Waals surface area contributed by atoms with Gasteiger partial charge >= 0.3 is 5.97 Å². The summed E-state index contributed by atoms with van der Waals surface area (Å²) in [6.45, 7) is 1.96. The highest BCUT2D eigenvalue weighted by atomic mass is 32.1. The predicted molar refractivity (Wildman–Crippen MR) is 76.5 cm³/mol. The van der Waals surface area contributed by atoms with E-state index in [4.69, 9.17) is 9.84 Å². The van der Waals surface area contributed by atoms with Crippen LogP contribution in [0.1, 0.15) is 27.9 Å². The van der Waals surface area contributed by atoms with Crippen LogP contribution in [-0.2, 0) is 9.53 Å². The number of carbonyl (C=O) groups excluding carboxylic acids is 2. The minimum absolute atomic E-state index is 0.0203. The Kier molecular flexibility index (Phi) is 6.77. The molecule has 1 aromatic rings. The summed E-state index contributed by atoms with van der Waals surface area (Å²) in [6.07, 6.45) is 0.407. The van der Waals surface area contributed by atoms with Gasteiger partial charge in [-0.15, -0.1) is 11.3 Å². The highest BCUT2D eigenvalue weighted by molar-refractivity contribution is 7.14. The lowest BCUT2D eigenvalue weighted by Crippen LogP contribution is -2.32. The van der Waals surface area contributed by atoms with E-state index in [1.54, 1.807) is 26.1 Å². The maximum atomic E-state index is 12.1. The zero-order valence-corrected chi connectivity index (χ0v) is 12.3. The first-order valence-electron chi connectivity index (χ1n) is 6.19. The van der Waals surface area contributed by atoms with E-state index >= 15 is 0 Å². The van der Waals surface area contributed by atoms with Gasteiger partial charge in [-0.1, -0.05) is 11.8 Å². The van der Waals surface area contributed by atoms with Gasteiger partial charge in [-0.05, 0) is 19.1 Å². The molecule has 0 spiro atoms. The molecule has 0 aliphatic carbocycles. The molecule has 0 fully saturated rings. The normalized spacial score (nSPS) is 9.55. The molecule has 0 radical (unpaired) electrons. The predicted octanol–water partition coefficient (Wildman–Crippen LogP) is 1.12. The van der Waals surface area contributed by atoms with Gasteiger partial charge in [0.15, 0.2) is 0 Å². The lowest BCUT2D eigenvalue weighted by molar-refractivity contribution is -0.143. The zero-order valence-electron chi connectivity index (χ0n) is 11.5. The summed E-state index contributed by atoms with van der Waals surface area (Å²) in [5.41, 5.74) is 0. The standard InChI is InChI=1S/C14H17NO4S/c1-3-19-13(17)10-15(2)14(18)12-8-7-11(20-12)6-4-5-9-16/h7-8,16H,3,5,9-10H2,1-2H3. The number of rotatable bonds is 5. The van der Waals surface area contributed by atoms with Crippen molar-refractivity contribution in [2.24, 2.45) is 0 Å². The highest BCUT2D eigenvalue weighted by Crippen LogP contribution is 2.17. The minimum Gasteiger partial charge on any atom is -0.465 e. The molecule has 0 atom stereocenters. The molecule has 108 valence electrons. The molecule has 0 saturated heterocycles. The van der Waals surface area contributed by atoms with Crippen LogP contribution < -0.4 is 0 Å². The number of nitrogens with zero attached hydrogens (tertiary/aromatic N) is 1. The Labute approximate surface area is 122 Å². The van der Waals surface area contributed by atoms with Crippen molar-refractivity contribution >= 4 is 23.2 Å². The van der Waals surface area contributed by atoms with E-state index < -0.39 is 5.97 Å². The number of aliphatic hydroxyl groups excluding tert-OH is 1. The Bertz CT molecular complexity index is 527. The Balaban J connectivity index is 2.64. The third kappa shape index (κ3) is 5.03. The van der Waals surface area contributed by atoms with E-state index in [2.05, 4.69) is 11.8 Å². The summed E-state index contributed by atoms with van der Waals surface area (Å²) in [5.74, 6) is 4.99. The number of hydrogen-bond acceptors (Lipinski definition) is 5. The summed E-state index contributed by atoms with van der Waals surface area (Å²) in [7, 11) is 1.55. The van der Waals surface area contributed by atoms with Crippen LogP contribution >= 0.6 is 11.3 Å². The van der Waals surface area contributed by atoms with Crippen LogP contribution in [0.15, 0.2) is 12.1 Å². The minimum atomic E-state index is -0.428. The van der Waals surface area contributed by atoms with Crippen LogP contribution in [0, 0.1) is 11.8 Å². The molecule has 0 aliphatic heterocycles. The number of hydrogen-bond donors (Lipinski definition) is 1. The number of likely N-dealkylation sites (N-methyl/N-ethyl adjacent to an activating group) is 1. The topological polar surface area (TPSA) is 66.8 Å². The van der Waals surface area contributed by atoms with Gasteiger partial charge in [-0.25, -0.2) is 0 Å². The molecule has 0 aromatic carbocycles. The van der Waals surface area contributed by atoms with E-state index in [1.807, 2.05) is 0 Å². The molecule has 0 unspecified atom stereocenters. The van der Waals surface area contributed by atoms with Crippen molar-refractivity contribution in [3.8, 4) is 11.8 Å². The van der Waals surface area contributed by atoms with Crippen LogP contribution in [0.5, 0.6) is 0 Å². The average Bonchev–Trinajstić information content (AvgIpc) is 2.87. The molecule has 20 heavy (non-hydrogen) atoms. The Hall–Kier alpha value is -1.84. The van der Waals surface area contributed by atoms with Crippen molar-refractivity contribution in [1.82, 2.24) is 4.90 Å². The lowest BCUT2D eigenvalue weighted by atomic mass is 10.3. The molecule has 5 nitrogen and oxygen atoms in total. The van der Waals surface area contributed by atoms with E-state index in [9.17, 15) is 9.59 Å². The fourth-order valence-electron chi connectivity index (χ4n) is 1.39. The molecule has 0 aliphatic rings. The van der Waals surface area contributed by atoms with Gasteiger partial charge in [0.05, 0.1) is 23.0 Å². The molecule has 0 bridgehead atoms. The Morgan fingerprint density at radius 1 is 1.45 bits per heavy atom. The van der Waals surface area contributed by atoms with Crippen molar-refractivity contribution in [2.75, 3.05) is 26.8 Å². The van der Waals surface area contributed by atoms with Crippen molar-refractivity contribution in [1.29, 1.82) is 0 Å². The Morgan fingerprint density at radius 2 is 2.20 bits per heavy atom. The van der Waals surface area contributed by atoms with Gasteiger partial charge in [-0.3, -0.25) is 9.59 Å². The molecule has 6 heteroatoms. The first-order chi connectivity index (χ1) is 9.58. The van der Waals surface area contributed by atoms with Crippen LogP contribution in [-0.4, -0.2) is 48.7 Å². The molecule has 1 heterocycles. The third-order valence-electron chi connectivity index (χ3n) is 2.28. The molecule has 1 amide bonds. The molecular weight excluding hydrogens is 278 g/mol. The number of carbonyl (C=O) groups is 2. The van der Waals surface area contributed by atoms with Gasteiger partial charge in [0.1, 0.15) is 6.54 Å². The fraction of sp³-hybridized carbons (Fsp3) is 0.429. The summed E-state index contributed by atoms with van der Waals surface area (Å²) < 4.78 is 4.79. The van der Waals surface area contributed by atoms with Gasteiger partial charge in [0, 0.05) is 13.5 Å². The van der Waals surface area contributed by atoms with Crippen LogP contribution in [0.25, 0.3) is 0 Å². The SMILES string of the molecule is CCOC(=O)CN(C)C(=O)c1ccc(C#CCCO)s1.